The summed E-state index contributed by atoms with van der Waals surface area (Å²) in [5.41, 5.74) is 2.76. The minimum atomic E-state index is -0.168. The molecule has 1 saturated heterocycles. The summed E-state index contributed by atoms with van der Waals surface area (Å²) >= 11 is 0. The van der Waals surface area contributed by atoms with Gasteiger partial charge in [-0.2, -0.15) is 5.10 Å². The standard InChI is InChI=1S/C22H23N3O3/c1-27-20-12-6-5-11-18(20)21-19(22(26)23-14-17-10-7-13-28-17)15-25(24-21)16-8-3-2-4-9-16/h2-6,8-9,11-12,15,17H,7,10,13-14H2,1H3,(H,23,26). The second-order valence-electron chi connectivity index (χ2n) is 6.72. The van der Waals surface area contributed by atoms with E-state index in [1.54, 1.807) is 18.0 Å². The number of ether oxygens (including phenoxy) is 2. The Morgan fingerprint density at radius 3 is 2.75 bits per heavy atom. The third-order valence-corrected chi connectivity index (χ3v) is 4.86. The molecule has 1 aliphatic rings. The lowest BCUT2D eigenvalue weighted by Crippen LogP contribution is -2.31. The first-order chi connectivity index (χ1) is 13.8. The quantitative estimate of drug-likeness (QED) is 0.715. The summed E-state index contributed by atoms with van der Waals surface area (Å²) in [6.45, 7) is 1.26. The maximum atomic E-state index is 13.0. The fourth-order valence-electron chi connectivity index (χ4n) is 3.40. The van der Waals surface area contributed by atoms with Crippen molar-refractivity contribution < 1.29 is 14.3 Å². The van der Waals surface area contributed by atoms with Gasteiger partial charge >= 0.3 is 0 Å². The fourth-order valence-corrected chi connectivity index (χ4v) is 3.40. The molecule has 144 valence electrons. The van der Waals surface area contributed by atoms with Crippen LogP contribution >= 0.6 is 0 Å². The van der Waals surface area contributed by atoms with Crippen LogP contribution < -0.4 is 10.1 Å². The van der Waals surface area contributed by atoms with E-state index in [1.807, 2.05) is 54.6 Å². The van der Waals surface area contributed by atoms with Crippen LogP contribution in [0.5, 0.6) is 5.75 Å². The predicted molar refractivity (Wildman–Crippen MR) is 107 cm³/mol. The maximum Gasteiger partial charge on any atom is 0.255 e. The molecule has 1 unspecified atom stereocenters. The average molecular weight is 377 g/mol. The number of para-hydroxylation sites is 2. The Hall–Kier alpha value is -3.12. The summed E-state index contributed by atoms with van der Waals surface area (Å²) in [4.78, 5) is 13.0. The van der Waals surface area contributed by atoms with Gasteiger partial charge in [-0.1, -0.05) is 30.3 Å². The van der Waals surface area contributed by atoms with Gasteiger partial charge < -0.3 is 14.8 Å². The predicted octanol–water partition coefficient (Wildman–Crippen LogP) is 3.46. The number of amides is 1. The van der Waals surface area contributed by atoms with Gasteiger partial charge in [0.15, 0.2) is 0 Å². The zero-order valence-corrected chi connectivity index (χ0v) is 15.8. The Labute approximate surface area is 164 Å². The van der Waals surface area contributed by atoms with Gasteiger partial charge in [-0.05, 0) is 37.1 Å². The van der Waals surface area contributed by atoms with Gasteiger partial charge in [-0.25, -0.2) is 4.68 Å². The second-order valence-corrected chi connectivity index (χ2v) is 6.72. The molecule has 2 aromatic carbocycles. The lowest BCUT2D eigenvalue weighted by molar-refractivity contribution is 0.0858. The number of carbonyl (C=O) groups is 1. The van der Waals surface area contributed by atoms with Crippen LogP contribution in [-0.2, 0) is 4.74 Å². The van der Waals surface area contributed by atoms with Gasteiger partial charge in [-0.15, -0.1) is 0 Å². The highest BCUT2D eigenvalue weighted by atomic mass is 16.5. The minimum Gasteiger partial charge on any atom is -0.496 e. The molecule has 1 aliphatic heterocycles. The third-order valence-electron chi connectivity index (χ3n) is 4.86. The van der Waals surface area contributed by atoms with Crippen LogP contribution in [-0.4, -0.2) is 42.1 Å². The molecule has 0 bridgehead atoms. The Bertz CT molecular complexity index is 947. The number of hydrogen-bond acceptors (Lipinski definition) is 4. The number of aromatic nitrogens is 2. The summed E-state index contributed by atoms with van der Waals surface area (Å²) < 4.78 is 12.8. The topological polar surface area (TPSA) is 65.4 Å². The van der Waals surface area contributed by atoms with Crippen molar-refractivity contribution in [3.05, 3.63) is 66.4 Å². The van der Waals surface area contributed by atoms with Crippen molar-refractivity contribution in [3.8, 4) is 22.7 Å². The van der Waals surface area contributed by atoms with Gasteiger partial charge in [0, 0.05) is 24.9 Å². The Morgan fingerprint density at radius 1 is 1.21 bits per heavy atom. The molecule has 4 rings (SSSR count). The van der Waals surface area contributed by atoms with E-state index >= 15 is 0 Å². The number of nitrogens with one attached hydrogen (secondary N) is 1. The molecular weight excluding hydrogens is 354 g/mol. The molecule has 1 N–H and O–H groups in total. The molecule has 6 heteroatoms. The normalized spacial score (nSPS) is 16.1. The van der Waals surface area contributed by atoms with Crippen molar-refractivity contribution >= 4 is 5.91 Å². The first-order valence-electron chi connectivity index (χ1n) is 9.44. The molecule has 28 heavy (non-hydrogen) atoms. The molecule has 0 aliphatic carbocycles. The molecule has 1 aromatic heterocycles. The highest BCUT2D eigenvalue weighted by Crippen LogP contribution is 2.31. The van der Waals surface area contributed by atoms with Crippen LogP contribution in [0.1, 0.15) is 23.2 Å². The number of nitrogens with zero attached hydrogens (tertiary/aromatic N) is 2. The van der Waals surface area contributed by atoms with E-state index < -0.39 is 0 Å². The molecule has 0 saturated carbocycles. The molecule has 0 spiro atoms. The van der Waals surface area contributed by atoms with Crippen molar-refractivity contribution in [1.29, 1.82) is 0 Å². The molecular formula is C22H23N3O3. The van der Waals surface area contributed by atoms with Crippen molar-refractivity contribution in [1.82, 2.24) is 15.1 Å². The zero-order chi connectivity index (χ0) is 19.3. The van der Waals surface area contributed by atoms with E-state index in [-0.39, 0.29) is 12.0 Å². The SMILES string of the molecule is COc1ccccc1-c1nn(-c2ccccc2)cc1C(=O)NCC1CCCO1. The summed E-state index contributed by atoms with van der Waals surface area (Å²) in [7, 11) is 1.62. The average Bonchev–Trinajstić information content (AvgIpc) is 3.43. The smallest absolute Gasteiger partial charge is 0.255 e. The molecule has 1 amide bonds. The Balaban J connectivity index is 1.70. The van der Waals surface area contributed by atoms with Gasteiger partial charge in [0.05, 0.1) is 24.5 Å². The van der Waals surface area contributed by atoms with Gasteiger partial charge in [-0.3, -0.25) is 4.79 Å². The van der Waals surface area contributed by atoms with Gasteiger partial charge in [0.2, 0.25) is 0 Å². The molecule has 6 nitrogen and oxygen atoms in total. The largest absolute Gasteiger partial charge is 0.496 e. The number of hydrogen-bond donors (Lipinski definition) is 1. The third kappa shape index (κ3) is 3.77. The molecule has 1 atom stereocenters. The molecule has 0 radical (unpaired) electrons. The summed E-state index contributed by atoms with van der Waals surface area (Å²) in [6.07, 6.45) is 3.87. The Kier molecular flexibility index (Phi) is 5.39. The van der Waals surface area contributed by atoms with Crippen molar-refractivity contribution in [2.24, 2.45) is 0 Å². The lowest BCUT2D eigenvalue weighted by atomic mass is 10.1. The van der Waals surface area contributed by atoms with Crippen LogP contribution in [0.3, 0.4) is 0 Å². The van der Waals surface area contributed by atoms with Crippen LogP contribution in [0, 0.1) is 0 Å². The first kappa shape index (κ1) is 18.3. The van der Waals surface area contributed by atoms with Gasteiger partial charge in [0.1, 0.15) is 11.4 Å². The van der Waals surface area contributed by atoms with E-state index in [1.165, 1.54) is 0 Å². The van der Waals surface area contributed by atoms with Gasteiger partial charge in [0.25, 0.3) is 5.91 Å². The highest BCUT2D eigenvalue weighted by molar-refractivity contribution is 6.00. The summed E-state index contributed by atoms with van der Waals surface area (Å²) in [6, 6.07) is 17.3. The number of carbonyl (C=O) groups excluding carboxylic acids is 1. The number of benzene rings is 2. The van der Waals surface area contributed by atoms with Crippen LogP contribution in [0.4, 0.5) is 0 Å². The Morgan fingerprint density at radius 2 is 2.00 bits per heavy atom. The van der Waals surface area contributed by atoms with Crippen LogP contribution in [0.25, 0.3) is 16.9 Å². The minimum absolute atomic E-state index is 0.0860. The van der Waals surface area contributed by atoms with E-state index in [0.717, 1.165) is 30.7 Å². The van der Waals surface area contributed by atoms with Crippen molar-refractivity contribution in [2.45, 2.75) is 18.9 Å². The first-order valence-corrected chi connectivity index (χ1v) is 9.44. The zero-order valence-electron chi connectivity index (χ0n) is 15.8. The van der Waals surface area contributed by atoms with Crippen molar-refractivity contribution in [3.63, 3.8) is 0 Å². The molecule has 2 heterocycles. The molecule has 3 aromatic rings. The summed E-state index contributed by atoms with van der Waals surface area (Å²) in [5, 5.41) is 7.70. The van der Waals surface area contributed by atoms with E-state index in [4.69, 9.17) is 14.6 Å². The monoisotopic (exact) mass is 377 g/mol. The second kappa shape index (κ2) is 8.27. The van der Waals surface area contributed by atoms with E-state index in [2.05, 4.69) is 5.32 Å². The van der Waals surface area contributed by atoms with E-state index in [0.29, 0.717) is 23.6 Å². The lowest BCUT2D eigenvalue weighted by Gasteiger charge is -2.11. The van der Waals surface area contributed by atoms with E-state index in [9.17, 15) is 4.79 Å². The summed E-state index contributed by atoms with van der Waals surface area (Å²) in [5.74, 6) is 0.507. The van der Waals surface area contributed by atoms with Crippen LogP contribution in [0.2, 0.25) is 0 Å². The van der Waals surface area contributed by atoms with Crippen LogP contribution in [0.15, 0.2) is 60.8 Å². The maximum absolute atomic E-state index is 13.0. The number of rotatable bonds is 6. The fraction of sp³-hybridized carbons (Fsp3) is 0.273. The number of methoxy groups -OCH3 is 1. The highest BCUT2D eigenvalue weighted by Gasteiger charge is 2.22. The molecule has 1 fully saturated rings. The van der Waals surface area contributed by atoms with Crippen molar-refractivity contribution in [2.75, 3.05) is 20.3 Å².